The number of nitrogens with one attached hydrogen (secondary N) is 1. The third kappa shape index (κ3) is 8.24. The lowest BCUT2D eigenvalue weighted by Gasteiger charge is -2.25. The number of pyridine rings is 1. The van der Waals surface area contributed by atoms with Crippen molar-refractivity contribution in [2.75, 3.05) is 6.54 Å². The number of rotatable bonds is 8. The molecule has 0 aliphatic rings. The molecule has 28 heavy (non-hydrogen) atoms. The Kier molecular flexibility index (Phi) is 7.40. The van der Waals surface area contributed by atoms with Crippen LogP contribution in [0.4, 0.5) is 0 Å². The number of aryl methyl sites for hydroxylation is 1. The number of amides is 1. The average molecular weight is 381 g/mol. The fraction of sp³-hybridized carbons (Fsp3) is 0.520. The van der Waals surface area contributed by atoms with Gasteiger partial charge < -0.3 is 5.32 Å². The Morgan fingerprint density at radius 1 is 0.893 bits per heavy atom. The molecule has 0 unspecified atom stereocenters. The van der Waals surface area contributed by atoms with E-state index in [1.54, 1.807) is 0 Å². The van der Waals surface area contributed by atoms with Gasteiger partial charge in [0.2, 0.25) is 5.91 Å². The van der Waals surface area contributed by atoms with Crippen molar-refractivity contribution < 1.29 is 4.79 Å². The third-order valence-corrected chi connectivity index (χ3v) is 4.92. The lowest BCUT2D eigenvalue weighted by molar-refractivity contribution is -0.120. The molecule has 0 aliphatic heterocycles. The first kappa shape index (κ1) is 22.1. The lowest BCUT2D eigenvalue weighted by Crippen LogP contribution is -2.28. The number of hydrogen-bond donors (Lipinski definition) is 1. The number of aromatic nitrogens is 1. The van der Waals surface area contributed by atoms with Gasteiger partial charge in [0.1, 0.15) is 0 Å². The maximum Gasteiger partial charge on any atom is 0.224 e. The summed E-state index contributed by atoms with van der Waals surface area (Å²) in [6, 6.07) is 12.7. The molecule has 0 atom stereocenters. The van der Waals surface area contributed by atoms with E-state index < -0.39 is 0 Å². The second-order valence-electron chi connectivity index (χ2n) is 9.98. The summed E-state index contributed by atoms with van der Waals surface area (Å²) in [5.74, 6) is 0.101. The van der Waals surface area contributed by atoms with Crippen LogP contribution < -0.4 is 5.32 Å². The van der Waals surface area contributed by atoms with Crippen molar-refractivity contribution in [2.24, 2.45) is 10.8 Å². The van der Waals surface area contributed by atoms with E-state index in [0.717, 1.165) is 37.1 Å². The van der Waals surface area contributed by atoms with Crippen molar-refractivity contribution >= 4 is 5.91 Å². The van der Waals surface area contributed by atoms with Gasteiger partial charge in [-0.1, -0.05) is 65.0 Å². The normalized spacial score (nSPS) is 12.1. The molecule has 152 valence electrons. The average Bonchev–Trinajstić information content (AvgIpc) is 2.57. The highest BCUT2D eigenvalue weighted by molar-refractivity contribution is 5.78. The zero-order valence-electron chi connectivity index (χ0n) is 18.4. The third-order valence-electron chi connectivity index (χ3n) is 4.92. The fourth-order valence-electron chi connectivity index (χ4n) is 3.37. The highest BCUT2D eigenvalue weighted by Crippen LogP contribution is 2.27. The van der Waals surface area contributed by atoms with Crippen molar-refractivity contribution in [3.63, 3.8) is 0 Å². The summed E-state index contributed by atoms with van der Waals surface area (Å²) in [4.78, 5) is 16.5. The van der Waals surface area contributed by atoms with E-state index in [4.69, 9.17) is 0 Å². The van der Waals surface area contributed by atoms with Gasteiger partial charge in [0, 0.05) is 18.4 Å². The Morgan fingerprint density at radius 2 is 1.46 bits per heavy atom. The van der Waals surface area contributed by atoms with Crippen molar-refractivity contribution in [3.8, 4) is 0 Å². The monoisotopic (exact) mass is 380 g/mol. The van der Waals surface area contributed by atoms with Gasteiger partial charge in [-0.05, 0) is 59.8 Å². The topological polar surface area (TPSA) is 42.0 Å². The van der Waals surface area contributed by atoms with E-state index in [0.29, 0.717) is 6.42 Å². The van der Waals surface area contributed by atoms with Crippen LogP contribution in [0.2, 0.25) is 0 Å². The van der Waals surface area contributed by atoms with Crippen molar-refractivity contribution in [3.05, 3.63) is 65.0 Å². The van der Waals surface area contributed by atoms with Gasteiger partial charge in [-0.25, -0.2) is 0 Å². The largest absolute Gasteiger partial charge is 0.356 e. The van der Waals surface area contributed by atoms with Gasteiger partial charge in [-0.3, -0.25) is 9.78 Å². The van der Waals surface area contributed by atoms with E-state index >= 15 is 0 Å². The molecule has 3 nitrogen and oxygen atoms in total. The Bertz CT molecular complexity index is 753. The standard InChI is InChI=1S/C25H36N2O/c1-19-7-8-22(18-27-19)17-25(5,6)16-21-11-9-20(10-12-21)15-23(28)26-14-13-24(2,3)4/h7-12,18H,13-17H2,1-6H3,(H,26,28). The molecule has 0 fully saturated rings. The first-order chi connectivity index (χ1) is 13.0. The van der Waals surface area contributed by atoms with Crippen LogP contribution in [0, 0.1) is 17.8 Å². The summed E-state index contributed by atoms with van der Waals surface area (Å²) in [7, 11) is 0. The van der Waals surface area contributed by atoms with Crippen molar-refractivity contribution in [1.29, 1.82) is 0 Å². The highest BCUT2D eigenvalue weighted by Gasteiger charge is 2.19. The molecule has 1 aromatic carbocycles. The number of carbonyl (C=O) groups is 1. The number of hydrogen-bond acceptors (Lipinski definition) is 2. The molecule has 2 rings (SSSR count). The van der Waals surface area contributed by atoms with Crippen molar-refractivity contribution in [2.45, 2.75) is 67.2 Å². The second-order valence-corrected chi connectivity index (χ2v) is 9.98. The molecular formula is C25H36N2O. The summed E-state index contributed by atoms with van der Waals surface area (Å²) >= 11 is 0. The highest BCUT2D eigenvalue weighted by atomic mass is 16.1. The van der Waals surface area contributed by atoms with E-state index in [1.807, 2.05) is 13.1 Å². The molecule has 0 saturated heterocycles. The zero-order chi connectivity index (χ0) is 20.8. The van der Waals surface area contributed by atoms with Gasteiger partial charge in [0.25, 0.3) is 0 Å². The fourth-order valence-corrected chi connectivity index (χ4v) is 3.37. The predicted molar refractivity (Wildman–Crippen MR) is 117 cm³/mol. The summed E-state index contributed by atoms with van der Waals surface area (Å²) in [5, 5.41) is 3.03. The first-order valence-corrected chi connectivity index (χ1v) is 10.3. The van der Waals surface area contributed by atoms with Crippen molar-refractivity contribution in [1.82, 2.24) is 10.3 Å². The van der Waals surface area contributed by atoms with Gasteiger partial charge in [-0.15, -0.1) is 0 Å². The lowest BCUT2D eigenvalue weighted by atomic mass is 9.80. The van der Waals surface area contributed by atoms with E-state index in [9.17, 15) is 4.79 Å². The number of carbonyl (C=O) groups excluding carboxylic acids is 1. The molecule has 0 spiro atoms. The van der Waals surface area contributed by atoms with Gasteiger partial charge in [-0.2, -0.15) is 0 Å². The van der Waals surface area contributed by atoms with Crippen LogP contribution >= 0.6 is 0 Å². The van der Waals surface area contributed by atoms with Crippen LogP contribution in [0.25, 0.3) is 0 Å². The maximum absolute atomic E-state index is 12.1. The quantitative estimate of drug-likeness (QED) is 0.675. The van der Waals surface area contributed by atoms with E-state index in [1.165, 1.54) is 11.1 Å². The first-order valence-electron chi connectivity index (χ1n) is 10.3. The summed E-state index contributed by atoms with van der Waals surface area (Å²) in [6.07, 6.45) is 5.42. The molecule has 1 amide bonds. The minimum absolute atomic E-state index is 0.101. The van der Waals surface area contributed by atoms with Gasteiger partial charge in [0.05, 0.1) is 6.42 Å². The van der Waals surface area contributed by atoms with Crippen LogP contribution in [0.15, 0.2) is 42.6 Å². The molecule has 1 heterocycles. The molecule has 1 aromatic heterocycles. The molecular weight excluding hydrogens is 344 g/mol. The molecule has 1 N–H and O–H groups in total. The Hall–Kier alpha value is -2.16. The second kappa shape index (κ2) is 9.36. The Labute approximate surface area is 171 Å². The summed E-state index contributed by atoms with van der Waals surface area (Å²) < 4.78 is 0. The van der Waals surface area contributed by atoms with Crippen LogP contribution in [0.5, 0.6) is 0 Å². The van der Waals surface area contributed by atoms with Crippen LogP contribution in [0.3, 0.4) is 0 Å². The maximum atomic E-state index is 12.1. The minimum Gasteiger partial charge on any atom is -0.356 e. The molecule has 0 radical (unpaired) electrons. The van der Waals surface area contributed by atoms with Gasteiger partial charge >= 0.3 is 0 Å². The Morgan fingerprint density at radius 3 is 2.04 bits per heavy atom. The minimum atomic E-state index is 0.101. The van der Waals surface area contributed by atoms with Gasteiger partial charge in [0.15, 0.2) is 0 Å². The zero-order valence-corrected chi connectivity index (χ0v) is 18.4. The molecule has 2 aromatic rings. The number of nitrogens with zero attached hydrogens (tertiary/aromatic N) is 1. The summed E-state index contributed by atoms with van der Waals surface area (Å²) in [6.45, 7) is 13.9. The van der Waals surface area contributed by atoms with E-state index in [-0.39, 0.29) is 16.7 Å². The number of benzene rings is 1. The van der Waals surface area contributed by atoms with Crippen LogP contribution in [-0.2, 0) is 24.1 Å². The molecule has 0 bridgehead atoms. The van der Waals surface area contributed by atoms with E-state index in [2.05, 4.69) is 81.3 Å². The van der Waals surface area contributed by atoms with Crippen LogP contribution in [0.1, 0.15) is 63.4 Å². The SMILES string of the molecule is Cc1ccc(CC(C)(C)Cc2ccc(CC(=O)NCCC(C)(C)C)cc2)cn1. The molecule has 0 aliphatic carbocycles. The summed E-state index contributed by atoms with van der Waals surface area (Å²) in [5.41, 5.74) is 5.11. The molecule has 3 heteroatoms. The molecule has 0 saturated carbocycles. The predicted octanol–water partition coefficient (Wildman–Crippen LogP) is 5.30. The Balaban J connectivity index is 1.85. The smallest absolute Gasteiger partial charge is 0.224 e. The van der Waals surface area contributed by atoms with Crippen LogP contribution in [-0.4, -0.2) is 17.4 Å².